The first-order valence-corrected chi connectivity index (χ1v) is 13.6. The Morgan fingerprint density at radius 1 is 0.977 bits per heavy atom. The molecular formula is C28H36O16. The largest absolute Gasteiger partial charge is 0.502 e. The molecule has 1 saturated heterocycles. The molecule has 0 bridgehead atoms. The van der Waals surface area contributed by atoms with E-state index >= 15 is 0 Å². The number of esters is 3. The van der Waals surface area contributed by atoms with Crippen LogP contribution in [0.25, 0.3) is 0 Å². The highest BCUT2D eigenvalue weighted by atomic mass is 16.8. The van der Waals surface area contributed by atoms with Gasteiger partial charge in [0.1, 0.15) is 36.1 Å². The standard InChI is InChI=1S/C28H36O16/c1-11(30)44-28(2)8-16(41-24(35)12-6-14(37-3)20(31)15(7-12)38-4)18-13(25(36)39-5)10-40-26(19(18)28)43-27-23(34)22(33)21(32)17(9-29)42-27/h6-7,10,16-19,21-23,26-27,29,31-34H,8-9H2,1-5H3/t16-,17+,18+,19-,21-,22-,23-,26+,27+,28+/m0/s1. The molecule has 10 atom stereocenters. The summed E-state index contributed by atoms with van der Waals surface area (Å²) < 4.78 is 43.8. The van der Waals surface area contributed by atoms with Gasteiger partial charge < -0.3 is 63.4 Å². The second-order valence-electron chi connectivity index (χ2n) is 10.7. The zero-order valence-electron chi connectivity index (χ0n) is 24.6. The van der Waals surface area contributed by atoms with Crippen LogP contribution < -0.4 is 9.47 Å². The number of ether oxygens (including phenoxy) is 8. The van der Waals surface area contributed by atoms with Gasteiger partial charge in [0, 0.05) is 19.3 Å². The van der Waals surface area contributed by atoms with Crippen LogP contribution in [0.2, 0.25) is 0 Å². The summed E-state index contributed by atoms with van der Waals surface area (Å²) in [4.78, 5) is 38.6. The molecule has 5 N–H and O–H groups in total. The van der Waals surface area contributed by atoms with Gasteiger partial charge in [0.15, 0.2) is 17.8 Å². The lowest BCUT2D eigenvalue weighted by Gasteiger charge is -2.44. The summed E-state index contributed by atoms with van der Waals surface area (Å²) in [5.41, 5.74) is -1.67. The maximum absolute atomic E-state index is 13.4. The van der Waals surface area contributed by atoms with Gasteiger partial charge in [-0.15, -0.1) is 0 Å². The predicted molar refractivity (Wildman–Crippen MR) is 142 cm³/mol. The molecule has 2 heterocycles. The lowest BCUT2D eigenvalue weighted by Crippen LogP contribution is -2.61. The van der Waals surface area contributed by atoms with E-state index in [1.807, 2.05) is 0 Å². The zero-order valence-corrected chi connectivity index (χ0v) is 24.6. The monoisotopic (exact) mass is 628 g/mol. The van der Waals surface area contributed by atoms with Gasteiger partial charge in [0.05, 0.1) is 51.3 Å². The fourth-order valence-corrected chi connectivity index (χ4v) is 5.93. The molecule has 1 saturated carbocycles. The highest BCUT2D eigenvalue weighted by Gasteiger charge is 2.63. The quantitative estimate of drug-likeness (QED) is 0.165. The summed E-state index contributed by atoms with van der Waals surface area (Å²) in [5.74, 6) is -5.11. The van der Waals surface area contributed by atoms with E-state index in [1.165, 1.54) is 33.3 Å². The van der Waals surface area contributed by atoms with Crippen LogP contribution in [-0.2, 0) is 38.0 Å². The van der Waals surface area contributed by atoms with Crippen LogP contribution in [0.5, 0.6) is 17.2 Å². The number of benzene rings is 1. The molecule has 1 aromatic rings. The minimum absolute atomic E-state index is 0.0699. The first-order valence-electron chi connectivity index (χ1n) is 13.6. The van der Waals surface area contributed by atoms with E-state index in [4.69, 9.17) is 37.9 Å². The van der Waals surface area contributed by atoms with Gasteiger partial charge in [0.2, 0.25) is 12.0 Å². The highest BCUT2D eigenvalue weighted by molar-refractivity contribution is 5.92. The number of phenolic OH excluding ortho intramolecular Hbond substituents is 1. The van der Waals surface area contributed by atoms with Crippen LogP contribution in [0.3, 0.4) is 0 Å². The third-order valence-electron chi connectivity index (χ3n) is 7.97. The molecule has 0 spiro atoms. The van der Waals surface area contributed by atoms with E-state index < -0.39 is 85.1 Å². The van der Waals surface area contributed by atoms with Crippen molar-refractivity contribution in [3.05, 3.63) is 29.5 Å². The summed E-state index contributed by atoms with van der Waals surface area (Å²) in [6, 6.07) is 2.45. The Morgan fingerprint density at radius 2 is 1.61 bits per heavy atom. The molecular weight excluding hydrogens is 592 g/mol. The Labute approximate surface area is 251 Å². The SMILES string of the molecule is COC(=O)C1=CO[C@H](O[C@H]2O[C@H](CO)[C@H](O)[C@H](O)[C@@H]2O)[C@@H]2[C@H]1[C@@H](OC(=O)c1cc(OC)c(O)c(OC)c1)C[C@@]2(C)OC(C)=O. The summed E-state index contributed by atoms with van der Waals surface area (Å²) >= 11 is 0. The normalized spacial score (nSPS) is 34.6. The minimum atomic E-state index is -1.80. The molecule has 2 fully saturated rings. The van der Waals surface area contributed by atoms with Crippen molar-refractivity contribution in [1.29, 1.82) is 0 Å². The summed E-state index contributed by atoms with van der Waals surface area (Å²) in [7, 11) is 3.69. The summed E-state index contributed by atoms with van der Waals surface area (Å²) in [6.45, 7) is 1.95. The molecule has 0 radical (unpaired) electrons. The average Bonchev–Trinajstić information content (AvgIpc) is 3.27. The van der Waals surface area contributed by atoms with Crippen molar-refractivity contribution < 1.29 is 77.8 Å². The van der Waals surface area contributed by atoms with Crippen molar-refractivity contribution >= 4 is 17.9 Å². The number of carbonyl (C=O) groups is 3. The van der Waals surface area contributed by atoms with Crippen LogP contribution in [0.1, 0.15) is 30.6 Å². The van der Waals surface area contributed by atoms with Crippen LogP contribution in [0.4, 0.5) is 0 Å². The number of aromatic hydroxyl groups is 1. The van der Waals surface area contributed by atoms with Crippen molar-refractivity contribution in [3.8, 4) is 17.2 Å². The predicted octanol–water partition coefficient (Wildman–Crippen LogP) is -0.878. The van der Waals surface area contributed by atoms with Gasteiger partial charge in [-0.1, -0.05) is 0 Å². The Kier molecular flexibility index (Phi) is 9.92. The first-order chi connectivity index (χ1) is 20.8. The van der Waals surface area contributed by atoms with E-state index in [2.05, 4.69) is 0 Å². The molecule has 0 unspecified atom stereocenters. The van der Waals surface area contributed by atoms with E-state index in [-0.39, 0.29) is 34.8 Å². The third-order valence-corrected chi connectivity index (χ3v) is 7.97. The fraction of sp³-hybridized carbons (Fsp3) is 0.607. The van der Waals surface area contributed by atoms with E-state index in [0.717, 1.165) is 20.3 Å². The van der Waals surface area contributed by atoms with E-state index in [0.29, 0.717) is 0 Å². The van der Waals surface area contributed by atoms with E-state index in [1.54, 1.807) is 0 Å². The van der Waals surface area contributed by atoms with Crippen LogP contribution in [0.15, 0.2) is 24.0 Å². The van der Waals surface area contributed by atoms with Gasteiger partial charge in [-0.25, -0.2) is 9.59 Å². The maximum atomic E-state index is 13.4. The van der Waals surface area contributed by atoms with Crippen molar-refractivity contribution in [2.24, 2.45) is 11.8 Å². The van der Waals surface area contributed by atoms with Gasteiger partial charge in [-0.05, 0) is 19.1 Å². The summed E-state index contributed by atoms with van der Waals surface area (Å²) in [5, 5.41) is 50.8. The second kappa shape index (κ2) is 13.1. The van der Waals surface area contributed by atoms with Crippen LogP contribution in [0, 0.1) is 11.8 Å². The highest BCUT2D eigenvalue weighted by Crippen LogP contribution is 2.53. The molecule has 0 aromatic heterocycles. The number of carbonyl (C=O) groups excluding carboxylic acids is 3. The summed E-state index contributed by atoms with van der Waals surface area (Å²) in [6.07, 6.45) is -9.90. The number of aliphatic hydroxyl groups excluding tert-OH is 4. The van der Waals surface area contributed by atoms with Crippen LogP contribution in [-0.4, -0.2) is 120 Å². The smallest absolute Gasteiger partial charge is 0.338 e. The maximum Gasteiger partial charge on any atom is 0.338 e. The van der Waals surface area contributed by atoms with Gasteiger partial charge in [-0.2, -0.15) is 0 Å². The molecule has 2 aliphatic heterocycles. The van der Waals surface area contributed by atoms with Crippen molar-refractivity contribution in [1.82, 2.24) is 0 Å². The molecule has 16 nitrogen and oxygen atoms in total. The van der Waals surface area contributed by atoms with Crippen molar-refractivity contribution in [2.75, 3.05) is 27.9 Å². The lowest BCUT2D eigenvalue weighted by atomic mass is 9.80. The molecule has 44 heavy (non-hydrogen) atoms. The Morgan fingerprint density at radius 3 is 2.16 bits per heavy atom. The van der Waals surface area contributed by atoms with Crippen molar-refractivity contribution in [2.45, 2.75) is 69.0 Å². The number of hydrogen-bond donors (Lipinski definition) is 5. The molecule has 1 aliphatic carbocycles. The minimum Gasteiger partial charge on any atom is -0.502 e. The number of rotatable bonds is 9. The fourth-order valence-electron chi connectivity index (χ4n) is 5.93. The Hall–Kier alpha value is -3.67. The Balaban J connectivity index is 1.72. The molecule has 3 aliphatic rings. The molecule has 16 heteroatoms. The number of aliphatic hydroxyl groups is 4. The Bertz CT molecular complexity index is 1250. The van der Waals surface area contributed by atoms with Gasteiger partial charge >= 0.3 is 17.9 Å². The second-order valence-corrected chi connectivity index (χ2v) is 10.7. The zero-order chi connectivity index (χ0) is 32.5. The molecule has 0 amide bonds. The number of methoxy groups -OCH3 is 3. The molecule has 1 aromatic carbocycles. The van der Waals surface area contributed by atoms with Gasteiger partial charge in [-0.3, -0.25) is 4.79 Å². The number of fused-ring (bicyclic) bond motifs is 1. The lowest BCUT2D eigenvalue weighted by molar-refractivity contribution is -0.346. The first kappa shape index (κ1) is 33.2. The molecule has 244 valence electrons. The number of hydrogen-bond acceptors (Lipinski definition) is 16. The molecule has 4 rings (SSSR count). The number of phenols is 1. The third kappa shape index (κ3) is 6.13. The van der Waals surface area contributed by atoms with Crippen molar-refractivity contribution in [3.63, 3.8) is 0 Å². The topological polar surface area (TPSA) is 226 Å². The van der Waals surface area contributed by atoms with E-state index in [9.17, 15) is 39.9 Å². The van der Waals surface area contributed by atoms with Gasteiger partial charge in [0.25, 0.3) is 0 Å². The van der Waals surface area contributed by atoms with Crippen LogP contribution >= 0.6 is 0 Å². The average molecular weight is 629 g/mol.